The summed E-state index contributed by atoms with van der Waals surface area (Å²) in [5.74, 6) is -2.09. The Bertz CT molecular complexity index is 271. The summed E-state index contributed by atoms with van der Waals surface area (Å²) in [6.45, 7) is 0. The van der Waals surface area contributed by atoms with E-state index in [0.717, 1.165) is 0 Å². The zero-order valence-corrected chi connectivity index (χ0v) is 6.34. The summed E-state index contributed by atoms with van der Waals surface area (Å²) in [5.41, 5.74) is 0. The summed E-state index contributed by atoms with van der Waals surface area (Å²) in [6, 6.07) is 8.69. The molecule has 1 aliphatic carbocycles. The molecule has 0 aromatic heterocycles. The number of ether oxygens (including phenoxy) is 1. The van der Waals surface area contributed by atoms with E-state index >= 15 is 0 Å². The molecule has 0 spiro atoms. The van der Waals surface area contributed by atoms with Gasteiger partial charge >= 0.3 is 0 Å². The summed E-state index contributed by atoms with van der Waals surface area (Å²) < 4.78 is 29.7. The Morgan fingerprint density at radius 3 is 2.33 bits per heavy atom. The van der Waals surface area contributed by atoms with Gasteiger partial charge in [-0.15, -0.1) is 0 Å². The minimum Gasteiger partial charge on any atom is -0.484 e. The number of hydrogen-bond donors (Lipinski definition) is 0. The van der Waals surface area contributed by atoms with E-state index in [1.165, 1.54) is 0 Å². The van der Waals surface area contributed by atoms with Crippen LogP contribution in [0.15, 0.2) is 30.3 Å². The van der Waals surface area contributed by atoms with Gasteiger partial charge in [0, 0.05) is 0 Å². The van der Waals surface area contributed by atoms with Crippen LogP contribution in [-0.4, -0.2) is 12.0 Å². The molecule has 12 heavy (non-hydrogen) atoms. The molecule has 0 aliphatic heterocycles. The molecule has 1 atom stereocenters. The fourth-order valence-electron chi connectivity index (χ4n) is 0.979. The highest BCUT2D eigenvalue weighted by Crippen LogP contribution is 2.44. The van der Waals surface area contributed by atoms with Gasteiger partial charge in [-0.25, -0.2) is 8.78 Å². The predicted molar refractivity (Wildman–Crippen MR) is 40.4 cm³/mol. The number of benzene rings is 1. The van der Waals surface area contributed by atoms with Gasteiger partial charge in [0.1, 0.15) is 5.75 Å². The summed E-state index contributed by atoms with van der Waals surface area (Å²) in [5, 5.41) is 0. The molecular weight excluding hydrogens is 162 g/mol. The average Bonchev–Trinajstić information content (AvgIpc) is 2.61. The second kappa shape index (κ2) is 2.44. The smallest absolute Gasteiger partial charge is 0.288 e. The fourth-order valence-corrected chi connectivity index (χ4v) is 0.979. The van der Waals surface area contributed by atoms with Gasteiger partial charge in [0.05, 0.1) is 6.42 Å². The Hall–Kier alpha value is -1.12. The van der Waals surface area contributed by atoms with Crippen LogP contribution in [0.5, 0.6) is 5.75 Å². The van der Waals surface area contributed by atoms with E-state index in [1.807, 2.05) is 6.07 Å². The van der Waals surface area contributed by atoms with E-state index in [-0.39, 0.29) is 6.42 Å². The third kappa shape index (κ3) is 1.40. The maximum absolute atomic E-state index is 12.4. The summed E-state index contributed by atoms with van der Waals surface area (Å²) in [6.07, 6.45) is -1.05. The van der Waals surface area contributed by atoms with E-state index in [1.54, 1.807) is 24.3 Å². The fraction of sp³-hybridized carbons (Fsp3) is 0.333. The van der Waals surface area contributed by atoms with Gasteiger partial charge in [0.25, 0.3) is 5.92 Å². The third-order valence-corrected chi connectivity index (χ3v) is 1.79. The predicted octanol–water partition coefficient (Wildman–Crippen LogP) is 2.47. The minimum absolute atomic E-state index is 0.151. The van der Waals surface area contributed by atoms with Crippen LogP contribution in [0.2, 0.25) is 0 Å². The Labute approximate surface area is 69.0 Å². The monoisotopic (exact) mass is 170 g/mol. The van der Waals surface area contributed by atoms with Crippen LogP contribution < -0.4 is 4.74 Å². The lowest BCUT2D eigenvalue weighted by molar-refractivity contribution is 0.0665. The van der Waals surface area contributed by atoms with Crippen molar-refractivity contribution >= 4 is 0 Å². The number of hydrogen-bond acceptors (Lipinski definition) is 1. The van der Waals surface area contributed by atoms with Gasteiger partial charge in [0.2, 0.25) is 0 Å². The lowest BCUT2D eigenvalue weighted by Gasteiger charge is -2.03. The van der Waals surface area contributed by atoms with Gasteiger partial charge < -0.3 is 4.74 Å². The van der Waals surface area contributed by atoms with Gasteiger partial charge in [-0.1, -0.05) is 18.2 Å². The molecule has 1 unspecified atom stereocenters. The van der Waals surface area contributed by atoms with Crippen LogP contribution in [-0.2, 0) is 0 Å². The number of halogens is 2. The zero-order chi connectivity index (χ0) is 8.60. The van der Waals surface area contributed by atoms with Crippen molar-refractivity contribution in [2.45, 2.75) is 18.4 Å². The van der Waals surface area contributed by atoms with Crippen molar-refractivity contribution in [3.63, 3.8) is 0 Å². The molecule has 1 fully saturated rings. The maximum atomic E-state index is 12.4. The standard InChI is InChI=1S/C9H8F2O/c10-9(11)6-8(9)12-7-4-2-1-3-5-7/h1-5,8H,6H2. The molecular formula is C9H8F2O. The highest BCUT2D eigenvalue weighted by atomic mass is 19.3. The molecule has 2 rings (SSSR count). The first kappa shape index (κ1) is 7.53. The van der Waals surface area contributed by atoms with Crippen LogP contribution in [0.1, 0.15) is 6.42 Å². The Balaban J connectivity index is 1.98. The van der Waals surface area contributed by atoms with E-state index in [2.05, 4.69) is 0 Å². The van der Waals surface area contributed by atoms with Gasteiger partial charge in [0.15, 0.2) is 6.10 Å². The van der Waals surface area contributed by atoms with Gasteiger partial charge in [-0.05, 0) is 12.1 Å². The third-order valence-electron chi connectivity index (χ3n) is 1.79. The van der Waals surface area contributed by atoms with Crippen molar-refractivity contribution in [3.8, 4) is 5.75 Å². The molecule has 64 valence electrons. The van der Waals surface area contributed by atoms with Crippen LogP contribution in [0.4, 0.5) is 8.78 Å². The van der Waals surface area contributed by atoms with Crippen LogP contribution in [0, 0.1) is 0 Å². The minimum atomic E-state index is -2.60. The molecule has 1 aromatic carbocycles. The van der Waals surface area contributed by atoms with Gasteiger partial charge in [-0.2, -0.15) is 0 Å². The largest absolute Gasteiger partial charge is 0.484 e. The SMILES string of the molecule is FC1(F)CC1Oc1ccccc1. The molecule has 0 heterocycles. The van der Waals surface area contributed by atoms with Crippen molar-refractivity contribution in [2.24, 2.45) is 0 Å². The average molecular weight is 170 g/mol. The molecule has 0 amide bonds. The Kier molecular flexibility index (Phi) is 1.53. The Morgan fingerprint density at radius 1 is 1.25 bits per heavy atom. The van der Waals surface area contributed by atoms with Crippen LogP contribution in [0.25, 0.3) is 0 Å². The van der Waals surface area contributed by atoms with Crippen LogP contribution >= 0.6 is 0 Å². The Morgan fingerprint density at radius 2 is 1.83 bits per heavy atom. The highest BCUT2D eigenvalue weighted by molar-refractivity contribution is 5.22. The van der Waals surface area contributed by atoms with Crippen molar-refractivity contribution < 1.29 is 13.5 Å². The number of alkyl halides is 2. The van der Waals surface area contributed by atoms with E-state index in [0.29, 0.717) is 5.75 Å². The zero-order valence-electron chi connectivity index (χ0n) is 6.34. The van der Waals surface area contributed by atoms with Crippen molar-refractivity contribution in [2.75, 3.05) is 0 Å². The topological polar surface area (TPSA) is 9.23 Å². The quantitative estimate of drug-likeness (QED) is 0.662. The highest BCUT2D eigenvalue weighted by Gasteiger charge is 2.59. The second-order valence-electron chi connectivity index (χ2n) is 2.88. The molecule has 1 aromatic rings. The molecule has 0 radical (unpaired) electrons. The van der Waals surface area contributed by atoms with E-state index < -0.39 is 12.0 Å². The number of rotatable bonds is 2. The second-order valence-corrected chi connectivity index (χ2v) is 2.88. The summed E-state index contributed by atoms with van der Waals surface area (Å²) in [7, 11) is 0. The van der Waals surface area contributed by atoms with Crippen LogP contribution in [0.3, 0.4) is 0 Å². The summed E-state index contributed by atoms with van der Waals surface area (Å²) in [4.78, 5) is 0. The summed E-state index contributed by atoms with van der Waals surface area (Å²) >= 11 is 0. The van der Waals surface area contributed by atoms with Crippen molar-refractivity contribution in [1.29, 1.82) is 0 Å². The van der Waals surface area contributed by atoms with E-state index in [4.69, 9.17) is 4.74 Å². The van der Waals surface area contributed by atoms with Gasteiger partial charge in [-0.3, -0.25) is 0 Å². The van der Waals surface area contributed by atoms with Crippen molar-refractivity contribution in [3.05, 3.63) is 30.3 Å². The molecule has 1 saturated carbocycles. The molecule has 1 nitrogen and oxygen atoms in total. The lowest BCUT2D eigenvalue weighted by atomic mass is 10.3. The first-order chi connectivity index (χ1) is 5.68. The normalized spacial score (nSPS) is 25.0. The first-order valence-electron chi connectivity index (χ1n) is 3.78. The van der Waals surface area contributed by atoms with Crippen molar-refractivity contribution in [1.82, 2.24) is 0 Å². The molecule has 0 N–H and O–H groups in total. The lowest BCUT2D eigenvalue weighted by Crippen LogP contribution is -2.06. The first-order valence-corrected chi connectivity index (χ1v) is 3.78. The van der Waals surface area contributed by atoms with E-state index in [9.17, 15) is 8.78 Å². The number of para-hydroxylation sites is 1. The molecule has 1 aliphatic rings. The molecule has 3 heteroatoms. The molecule has 0 saturated heterocycles. The maximum Gasteiger partial charge on any atom is 0.288 e. The molecule has 0 bridgehead atoms.